The van der Waals surface area contributed by atoms with Crippen molar-refractivity contribution >= 4 is 34.7 Å². The standard InChI is InChI=1S/C15H19N5O3/c1-16-13(21)20(14(22)17-2)12-7-5-6-11-10(12)8-9-19(11)15(23)18(3)4/h5-9H,1-4H3,(H,16,21)(H,17,22). The molecule has 0 aliphatic rings. The molecule has 23 heavy (non-hydrogen) atoms. The molecule has 1 aromatic heterocycles. The number of nitrogens with zero attached hydrogens (tertiary/aromatic N) is 3. The van der Waals surface area contributed by atoms with Crippen LogP contribution in [-0.2, 0) is 0 Å². The molecule has 8 heteroatoms. The molecule has 0 unspecified atom stereocenters. The Hall–Kier alpha value is -3.03. The molecule has 0 radical (unpaired) electrons. The summed E-state index contributed by atoms with van der Waals surface area (Å²) in [5.41, 5.74) is 1.01. The highest BCUT2D eigenvalue weighted by Crippen LogP contribution is 2.28. The highest BCUT2D eigenvalue weighted by atomic mass is 16.2. The molecule has 0 fully saturated rings. The van der Waals surface area contributed by atoms with Gasteiger partial charge in [0.2, 0.25) is 0 Å². The third-order valence-electron chi connectivity index (χ3n) is 3.37. The Morgan fingerprint density at radius 1 is 1.00 bits per heavy atom. The van der Waals surface area contributed by atoms with Crippen molar-refractivity contribution in [3.63, 3.8) is 0 Å². The van der Waals surface area contributed by atoms with Gasteiger partial charge in [-0.25, -0.2) is 19.3 Å². The Kier molecular flexibility index (Phi) is 4.54. The fraction of sp³-hybridized carbons (Fsp3) is 0.267. The lowest BCUT2D eigenvalue weighted by Gasteiger charge is -2.21. The van der Waals surface area contributed by atoms with Crippen molar-refractivity contribution in [3.8, 4) is 0 Å². The summed E-state index contributed by atoms with van der Waals surface area (Å²) in [6.45, 7) is 0. The van der Waals surface area contributed by atoms with Crippen LogP contribution in [0.4, 0.5) is 20.1 Å². The molecule has 2 N–H and O–H groups in total. The molecule has 122 valence electrons. The van der Waals surface area contributed by atoms with E-state index in [-0.39, 0.29) is 6.03 Å². The van der Waals surface area contributed by atoms with Gasteiger partial charge in [0.1, 0.15) is 0 Å². The first-order valence-corrected chi connectivity index (χ1v) is 6.97. The number of nitrogens with one attached hydrogen (secondary N) is 2. The fourth-order valence-corrected chi connectivity index (χ4v) is 2.26. The van der Waals surface area contributed by atoms with Gasteiger partial charge in [0.15, 0.2) is 0 Å². The zero-order valence-corrected chi connectivity index (χ0v) is 13.5. The Balaban J connectivity index is 2.63. The Labute approximate surface area is 133 Å². The molecule has 8 nitrogen and oxygen atoms in total. The number of hydrogen-bond acceptors (Lipinski definition) is 3. The van der Waals surface area contributed by atoms with E-state index >= 15 is 0 Å². The van der Waals surface area contributed by atoms with E-state index in [0.717, 1.165) is 4.90 Å². The van der Waals surface area contributed by atoms with Gasteiger partial charge in [-0.3, -0.25) is 4.57 Å². The minimum atomic E-state index is -0.566. The third-order valence-corrected chi connectivity index (χ3v) is 3.37. The van der Waals surface area contributed by atoms with E-state index in [9.17, 15) is 14.4 Å². The SMILES string of the molecule is CNC(=O)N(C(=O)NC)c1cccc2c1ccn2C(=O)N(C)C. The number of carbonyl (C=O) groups excluding carboxylic acids is 3. The van der Waals surface area contributed by atoms with E-state index in [0.29, 0.717) is 16.6 Å². The van der Waals surface area contributed by atoms with Crippen molar-refractivity contribution < 1.29 is 14.4 Å². The molecule has 1 aromatic carbocycles. The lowest BCUT2D eigenvalue weighted by atomic mass is 10.2. The zero-order valence-electron chi connectivity index (χ0n) is 13.5. The molecule has 0 aliphatic carbocycles. The van der Waals surface area contributed by atoms with Gasteiger partial charge in [0, 0.05) is 39.8 Å². The Morgan fingerprint density at radius 3 is 2.13 bits per heavy atom. The van der Waals surface area contributed by atoms with E-state index in [4.69, 9.17) is 0 Å². The van der Waals surface area contributed by atoms with E-state index in [1.54, 1.807) is 44.6 Å². The summed E-state index contributed by atoms with van der Waals surface area (Å²) in [6.07, 6.45) is 1.61. The van der Waals surface area contributed by atoms with Crippen LogP contribution < -0.4 is 15.5 Å². The molecular formula is C15H19N5O3. The summed E-state index contributed by atoms with van der Waals surface area (Å²) in [5, 5.41) is 5.49. The number of hydrogen-bond donors (Lipinski definition) is 2. The normalized spacial score (nSPS) is 10.3. The molecule has 0 spiro atoms. The van der Waals surface area contributed by atoms with Crippen LogP contribution in [-0.4, -0.2) is 55.8 Å². The van der Waals surface area contributed by atoms with Crippen molar-refractivity contribution in [1.82, 2.24) is 20.1 Å². The summed E-state index contributed by atoms with van der Waals surface area (Å²) in [7, 11) is 6.19. The second-order valence-electron chi connectivity index (χ2n) is 5.02. The van der Waals surface area contributed by atoms with E-state index in [2.05, 4.69) is 10.6 Å². The van der Waals surface area contributed by atoms with E-state index in [1.807, 2.05) is 0 Å². The average Bonchev–Trinajstić information content (AvgIpc) is 2.98. The first kappa shape index (κ1) is 16.3. The molecule has 2 rings (SSSR count). The number of anilines is 1. The molecule has 0 bridgehead atoms. The largest absolute Gasteiger partial charge is 0.340 e. The summed E-state index contributed by atoms with van der Waals surface area (Å²) in [4.78, 5) is 38.8. The van der Waals surface area contributed by atoms with Gasteiger partial charge >= 0.3 is 18.1 Å². The predicted molar refractivity (Wildman–Crippen MR) is 87.8 cm³/mol. The van der Waals surface area contributed by atoms with E-state index in [1.165, 1.54) is 23.6 Å². The number of amides is 5. The van der Waals surface area contributed by atoms with Crippen molar-refractivity contribution in [2.75, 3.05) is 33.1 Å². The maximum absolute atomic E-state index is 12.2. The van der Waals surface area contributed by atoms with Crippen LogP contribution in [0, 0.1) is 0 Å². The lowest BCUT2D eigenvalue weighted by molar-refractivity contribution is 0.220. The first-order valence-electron chi connectivity index (χ1n) is 6.97. The first-order chi connectivity index (χ1) is 10.9. The number of benzene rings is 1. The molecular weight excluding hydrogens is 298 g/mol. The van der Waals surface area contributed by atoms with Gasteiger partial charge in [0.05, 0.1) is 11.2 Å². The summed E-state index contributed by atoms with van der Waals surface area (Å²) in [5.74, 6) is 0. The van der Waals surface area contributed by atoms with Crippen LogP contribution in [0.3, 0.4) is 0 Å². The number of urea groups is 2. The second-order valence-corrected chi connectivity index (χ2v) is 5.02. The van der Waals surface area contributed by atoms with Crippen LogP contribution in [0.5, 0.6) is 0 Å². The molecule has 0 saturated carbocycles. The van der Waals surface area contributed by atoms with Gasteiger partial charge in [-0.15, -0.1) is 0 Å². The highest BCUT2D eigenvalue weighted by molar-refractivity contribution is 6.18. The van der Waals surface area contributed by atoms with Gasteiger partial charge in [0.25, 0.3) is 0 Å². The van der Waals surface area contributed by atoms with Crippen molar-refractivity contribution in [2.24, 2.45) is 0 Å². The van der Waals surface area contributed by atoms with Gasteiger partial charge in [-0.1, -0.05) is 6.07 Å². The number of aromatic nitrogens is 1. The summed E-state index contributed by atoms with van der Waals surface area (Å²) < 4.78 is 1.46. The van der Waals surface area contributed by atoms with E-state index < -0.39 is 12.1 Å². The minimum absolute atomic E-state index is 0.219. The highest BCUT2D eigenvalue weighted by Gasteiger charge is 2.24. The monoisotopic (exact) mass is 317 g/mol. The Morgan fingerprint density at radius 2 is 1.61 bits per heavy atom. The Bertz CT molecular complexity index is 750. The van der Waals surface area contributed by atoms with Gasteiger partial charge in [-0.2, -0.15) is 0 Å². The van der Waals surface area contributed by atoms with Crippen LogP contribution >= 0.6 is 0 Å². The minimum Gasteiger partial charge on any atom is -0.340 e. The van der Waals surface area contributed by atoms with Crippen LogP contribution in [0.2, 0.25) is 0 Å². The van der Waals surface area contributed by atoms with Gasteiger partial charge < -0.3 is 15.5 Å². The van der Waals surface area contributed by atoms with Crippen molar-refractivity contribution in [3.05, 3.63) is 30.5 Å². The molecule has 2 aromatic rings. The van der Waals surface area contributed by atoms with Crippen molar-refractivity contribution in [2.45, 2.75) is 0 Å². The zero-order chi connectivity index (χ0) is 17.1. The molecule has 0 saturated heterocycles. The topological polar surface area (TPSA) is 86.7 Å². The van der Waals surface area contributed by atoms with Crippen molar-refractivity contribution in [1.29, 1.82) is 0 Å². The van der Waals surface area contributed by atoms with Crippen LogP contribution in [0.15, 0.2) is 30.5 Å². The number of fused-ring (bicyclic) bond motifs is 1. The smallest absolute Gasteiger partial charge is 0.329 e. The molecule has 5 amide bonds. The predicted octanol–water partition coefficient (Wildman–Crippen LogP) is 1.66. The third kappa shape index (κ3) is 2.83. The lowest BCUT2D eigenvalue weighted by Crippen LogP contribution is -2.46. The molecule has 0 aliphatic heterocycles. The number of rotatable bonds is 1. The number of imide groups is 1. The maximum atomic E-state index is 12.2. The number of carbonyl (C=O) groups is 3. The molecule has 1 heterocycles. The summed E-state index contributed by atoms with van der Waals surface area (Å²) >= 11 is 0. The second kappa shape index (κ2) is 6.39. The summed E-state index contributed by atoms with van der Waals surface area (Å²) in [6, 6.07) is 5.44. The fourth-order valence-electron chi connectivity index (χ4n) is 2.26. The maximum Gasteiger partial charge on any atom is 0.329 e. The van der Waals surface area contributed by atoms with Crippen LogP contribution in [0.25, 0.3) is 10.9 Å². The van der Waals surface area contributed by atoms with Gasteiger partial charge in [-0.05, 0) is 18.2 Å². The molecule has 0 atom stereocenters. The average molecular weight is 317 g/mol. The quantitative estimate of drug-likeness (QED) is 0.838. The van der Waals surface area contributed by atoms with Crippen LogP contribution in [0.1, 0.15) is 0 Å².